The summed E-state index contributed by atoms with van der Waals surface area (Å²) in [6, 6.07) is 0. The molecule has 1 N–H and O–H groups in total. The molecule has 5 nitrogen and oxygen atoms in total. The summed E-state index contributed by atoms with van der Waals surface area (Å²) in [6.45, 7) is 9.26. The Bertz CT molecular complexity index is 241. The van der Waals surface area contributed by atoms with Crippen molar-refractivity contribution < 1.29 is 14.2 Å². The fourth-order valence-corrected chi connectivity index (χ4v) is 2.38. The van der Waals surface area contributed by atoms with Crippen molar-refractivity contribution in [3.8, 4) is 0 Å². The van der Waals surface area contributed by atoms with Gasteiger partial charge in [-0.3, -0.25) is 4.90 Å². The Hall–Kier alpha value is -0.200. The number of piperazine rings is 1. The Morgan fingerprint density at radius 3 is 2.19 bits per heavy atom. The molecule has 4 aliphatic heterocycles. The molecule has 0 aromatic rings. The molecule has 2 bridgehead atoms. The lowest BCUT2D eigenvalue weighted by molar-refractivity contribution is -0.467. The molecule has 0 unspecified atom stereocenters. The summed E-state index contributed by atoms with van der Waals surface area (Å²) in [5.74, 6) is -0.783. The molecule has 5 heteroatoms. The molecule has 0 aliphatic carbocycles. The van der Waals surface area contributed by atoms with Gasteiger partial charge in [-0.1, -0.05) is 6.92 Å². The third-order valence-corrected chi connectivity index (χ3v) is 3.55. The molecule has 92 valence electrons. The first kappa shape index (κ1) is 10.9. The Morgan fingerprint density at radius 1 is 1.06 bits per heavy atom. The van der Waals surface area contributed by atoms with E-state index in [1.54, 1.807) is 0 Å². The summed E-state index contributed by atoms with van der Waals surface area (Å²) in [5, 5.41) is 3.33. The highest BCUT2D eigenvalue weighted by Crippen LogP contribution is 2.38. The van der Waals surface area contributed by atoms with Gasteiger partial charge in [0.25, 0.3) is 5.97 Å². The van der Waals surface area contributed by atoms with Crippen LogP contribution in [0.25, 0.3) is 0 Å². The minimum absolute atomic E-state index is 0.0607. The summed E-state index contributed by atoms with van der Waals surface area (Å²) < 4.78 is 17.3. The number of hydrogen-bond donors (Lipinski definition) is 1. The van der Waals surface area contributed by atoms with Gasteiger partial charge in [-0.15, -0.1) is 0 Å². The minimum Gasteiger partial charge on any atom is -0.326 e. The highest BCUT2D eigenvalue weighted by molar-refractivity contribution is 4.86. The number of hydrogen-bond acceptors (Lipinski definition) is 5. The maximum absolute atomic E-state index is 5.76. The van der Waals surface area contributed by atoms with Crippen molar-refractivity contribution in [2.75, 3.05) is 52.5 Å². The van der Waals surface area contributed by atoms with Crippen molar-refractivity contribution in [1.82, 2.24) is 10.2 Å². The number of ether oxygens (including phenoxy) is 3. The van der Waals surface area contributed by atoms with Crippen LogP contribution in [0.5, 0.6) is 0 Å². The second kappa shape index (κ2) is 3.92. The van der Waals surface area contributed by atoms with Gasteiger partial charge in [0.1, 0.15) is 0 Å². The van der Waals surface area contributed by atoms with Crippen molar-refractivity contribution in [3.63, 3.8) is 0 Å². The molecule has 4 heterocycles. The lowest BCUT2D eigenvalue weighted by Gasteiger charge is -2.51. The Labute approximate surface area is 96.0 Å². The summed E-state index contributed by atoms with van der Waals surface area (Å²) in [4.78, 5) is 2.34. The van der Waals surface area contributed by atoms with E-state index in [9.17, 15) is 0 Å². The van der Waals surface area contributed by atoms with E-state index < -0.39 is 5.97 Å². The monoisotopic (exact) mass is 228 g/mol. The van der Waals surface area contributed by atoms with Gasteiger partial charge < -0.3 is 19.5 Å². The maximum Gasteiger partial charge on any atom is 0.296 e. The number of nitrogens with zero attached hydrogens (tertiary/aromatic N) is 1. The first-order chi connectivity index (χ1) is 7.70. The van der Waals surface area contributed by atoms with Crippen LogP contribution in [0.4, 0.5) is 0 Å². The van der Waals surface area contributed by atoms with Crippen LogP contribution in [0.2, 0.25) is 0 Å². The second-order valence-electron chi connectivity index (χ2n) is 5.39. The van der Waals surface area contributed by atoms with Gasteiger partial charge in [0.2, 0.25) is 0 Å². The predicted octanol–water partition coefficient (Wildman–Crippen LogP) is -0.371. The Morgan fingerprint density at radius 2 is 1.62 bits per heavy atom. The zero-order chi connectivity index (χ0) is 11.1. The zero-order valence-electron chi connectivity index (χ0n) is 9.83. The molecule has 4 aliphatic rings. The first-order valence-corrected chi connectivity index (χ1v) is 6.05. The van der Waals surface area contributed by atoms with Crippen molar-refractivity contribution in [2.24, 2.45) is 5.41 Å². The van der Waals surface area contributed by atoms with Crippen molar-refractivity contribution in [1.29, 1.82) is 0 Å². The third kappa shape index (κ3) is 1.98. The van der Waals surface area contributed by atoms with Gasteiger partial charge in [-0.2, -0.15) is 0 Å². The minimum atomic E-state index is -0.783. The van der Waals surface area contributed by atoms with Gasteiger partial charge in [0, 0.05) is 31.6 Å². The SMILES string of the molecule is CC12COC(CN3CCNCC3)(OC1)OC2. The molecular weight excluding hydrogens is 208 g/mol. The van der Waals surface area contributed by atoms with E-state index in [1.807, 2.05) is 0 Å². The van der Waals surface area contributed by atoms with Crippen LogP contribution >= 0.6 is 0 Å². The van der Waals surface area contributed by atoms with Crippen molar-refractivity contribution >= 4 is 0 Å². The van der Waals surface area contributed by atoms with Crippen LogP contribution in [-0.2, 0) is 14.2 Å². The van der Waals surface area contributed by atoms with Crippen LogP contribution in [0, 0.1) is 5.41 Å². The smallest absolute Gasteiger partial charge is 0.296 e. The Balaban J connectivity index is 1.61. The fourth-order valence-electron chi connectivity index (χ4n) is 2.38. The average Bonchev–Trinajstić information content (AvgIpc) is 2.33. The molecule has 0 radical (unpaired) electrons. The predicted molar refractivity (Wildman–Crippen MR) is 58.0 cm³/mol. The molecule has 0 saturated carbocycles. The largest absolute Gasteiger partial charge is 0.326 e. The van der Waals surface area contributed by atoms with E-state index in [2.05, 4.69) is 17.1 Å². The van der Waals surface area contributed by atoms with E-state index in [0.29, 0.717) is 0 Å². The third-order valence-electron chi connectivity index (χ3n) is 3.55. The molecule has 0 atom stereocenters. The van der Waals surface area contributed by atoms with E-state index >= 15 is 0 Å². The van der Waals surface area contributed by atoms with E-state index in [0.717, 1.165) is 52.5 Å². The van der Waals surface area contributed by atoms with Gasteiger partial charge in [0.05, 0.1) is 26.4 Å². The molecular formula is C11H20N2O3. The van der Waals surface area contributed by atoms with Crippen LogP contribution in [0.1, 0.15) is 6.92 Å². The van der Waals surface area contributed by atoms with Gasteiger partial charge >= 0.3 is 0 Å². The number of nitrogens with one attached hydrogen (secondary N) is 1. The normalized spacial score (nSPS) is 44.8. The van der Waals surface area contributed by atoms with Crippen LogP contribution < -0.4 is 5.32 Å². The van der Waals surface area contributed by atoms with E-state index in [1.165, 1.54) is 0 Å². The Kier molecular flexibility index (Phi) is 2.68. The van der Waals surface area contributed by atoms with Crippen LogP contribution in [0.3, 0.4) is 0 Å². The summed E-state index contributed by atoms with van der Waals surface area (Å²) in [5.41, 5.74) is 0.0607. The quantitative estimate of drug-likeness (QED) is 0.698. The molecule has 0 aromatic heterocycles. The zero-order valence-corrected chi connectivity index (χ0v) is 9.83. The topological polar surface area (TPSA) is 43.0 Å². The van der Waals surface area contributed by atoms with E-state index in [-0.39, 0.29) is 5.41 Å². The highest BCUT2D eigenvalue weighted by Gasteiger charge is 2.51. The molecule has 16 heavy (non-hydrogen) atoms. The summed E-state index contributed by atoms with van der Waals surface area (Å²) in [7, 11) is 0. The standard InChI is InChI=1S/C11H20N2O3/c1-10-7-14-11(15-8-10,16-9-10)6-13-4-2-12-3-5-13/h12H,2-9H2,1H3. The molecule has 0 amide bonds. The fraction of sp³-hybridized carbons (Fsp3) is 1.00. The molecule has 4 fully saturated rings. The number of fused-ring (bicyclic) bond motifs is 3. The van der Waals surface area contributed by atoms with Crippen molar-refractivity contribution in [3.05, 3.63) is 0 Å². The molecule has 4 saturated heterocycles. The average molecular weight is 228 g/mol. The summed E-state index contributed by atoms with van der Waals surface area (Å²) in [6.07, 6.45) is 0. The van der Waals surface area contributed by atoms with Crippen LogP contribution in [0.15, 0.2) is 0 Å². The highest BCUT2D eigenvalue weighted by atomic mass is 16.9. The van der Waals surface area contributed by atoms with Gasteiger partial charge in [0.15, 0.2) is 0 Å². The van der Waals surface area contributed by atoms with Gasteiger partial charge in [-0.05, 0) is 0 Å². The number of rotatable bonds is 2. The lowest BCUT2D eigenvalue weighted by Crippen LogP contribution is -2.64. The maximum atomic E-state index is 5.76. The second-order valence-corrected chi connectivity index (χ2v) is 5.39. The van der Waals surface area contributed by atoms with E-state index in [4.69, 9.17) is 14.2 Å². The van der Waals surface area contributed by atoms with Gasteiger partial charge in [-0.25, -0.2) is 0 Å². The molecule has 0 spiro atoms. The molecule has 0 aromatic carbocycles. The lowest BCUT2D eigenvalue weighted by atomic mass is 9.92. The van der Waals surface area contributed by atoms with Crippen LogP contribution in [-0.4, -0.2) is 63.4 Å². The van der Waals surface area contributed by atoms with Crippen molar-refractivity contribution in [2.45, 2.75) is 12.9 Å². The summed E-state index contributed by atoms with van der Waals surface area (Å²) >= 11 is 0. The first-order valence-electron chi connectivity index (χ1n) is 6.05. The molecule has 4 rings (SSSR count).